The molecule has 0 atom stereocenters. The highest BCUT2D eigenvalue weighted by Gasteiger charge is 2.18. The number of hydrogen-bond donors (Lipinski definition) is 1. The molecule has 0 aromatic carbocycles. The minimum absolute atomic E-state index is 0.0376. The number of nitrogen functional groups attached to an aromatic ring is 1. The van der Waals surface area contributed by atoms with Gasteiger partial charge in [0.05, 0.1) is 0 Å². The van der Waals surface area contributed by atoms with E-state index in [1.807, 2.05) is 31.7 Å². The van der Waals surface area contributed by atoms with Crippen molar-refractivity contribution in [1.29, 1.82) is 0 Å². The van der Waals surface area contributed by atoms with Gasteiger partial charge in [0.25, 0.3) is 5.91 Å². The Morgan fingerprint density at radius 3 is 2.56 bits per heavy atom. The van der Waals surface area contributed by atoms with Gasteiger partial charge in [0.2, 0.25) is 0 Å². The molecule has 0 spiro atoms. The molecule has 0 fully saturated rings. The molecule has 0 radical (unpaired) electrons. The van der Waals surface area contributed by atoms with Gasteiger partial charge in [-0.1, -0.05) is 13.8 Å². The van der Waals surface area contributed by atoms with Gasteiger partial charge in [-0.3, -0.25) is 4.79 Å². The molecule has 100 valence electrons. The Balaban J connectivity index is 3.04. The summed E-state index contributed by atoms with van der Waals surface area (Å²) in [4.78, 5) is 18.5. The van der Waals surface area contributed by atoms with Crippen molar-refractivity contribution in [2.75, 3.05) is 12.3 Å². The monoisotopic (exact) mass is 249 g/mol. The number of aryl methyl sites for hydroxylation is 1. The van der Waals surface area contributed by atoms with Gasteiger partial charge in [-0.05, 0) is 38.8 Å². The third kappa shape index (κ3) is 3.45. The van der Waals surface area contributed by atoms with Gasteiger partial charge in [0, 0.05) is 23.8 Å². The van der Waals surface area contributed by atoms with E-state index in [1.54, 1.807) is 6.07 Å². The largest absolute Gasteiger partial charge is 0.384 e. The Labute approximate surface area is 109 Å². The van der Waals surface area contributed by atoms with Gasteiger partial charge in [0.1, 0.15) is 5.82 Å². The first-order valence-corrected chi connectivity index (χ1v) is 6.57. The first-order valence-electron chi connectivity index (χ1n) is 6.57. The fraction of sp³-hybridized carbons (Fsp3) is 0.571. The third-order valence-electron chi connectivity index (χ3n) is 2.86. The summed E-state index contributed by atoms with van der Waals surface area (Å²) in [6.45, 7) is 8.89. The highest BCUT2D eigenvalue weighted by atomic mass is 16.2. The molecule has 1 heterocycles. The minimum Gasteiger partial charge on any atom is -0.384 e. The summed E-state index contributed by atoms with van der Waals surface area (Å²) in [5, 5.41) is 0. The summed E-state index contributed by atoms with van der Waals surface area (Å²) in [7, 11) is 0. The number of rotatable bonds is 5. The number of carbonyl (C=O) groups is 1. The van der Waals surface area contributed by atoms with Crippen LogP contribution in [0.15, 0.2) is 12.1 Å². The SMILES string of the molecule is CCCN(C(=O)c1cc(N)nc(CC)c1)C(C)C. The Morgan fingerprint density at radius 2 is 2.06 bits per heavy atom. The number of nitrogens with zero attached hydrogens (tertiary/aromatic N) is 2. The summed E-state index contributed by atoms with van der Waals surface area (Å²) in [6, 6.07) is 3.69. The highest BCUT2D eigenvalue weighted by Crippen LogP contribution is 2.13. The first-order chi connectivity index (χ1) is 8.49. The van der Waals surface area contributed by atoms with E-state index in [9.17, 15) is 4.79 Å². The van der Waals surface area contributed by atoms with Crippen LogP contribution in [0.5, 0.6) is 0 Å². The van der Waals surface area contributed by atoms with E-state index >= 15 is 0 Å². The molecule has 1 rings (SSSR count). The normalized spacial score (nSPS) is 10.7. The molecule has 0 unspecified atom stereocenters. The molecule has 0 aliphatic heterocycles. The van der Waals surface area contributed by atoms with Crippen molar-refractivity contribution in [2.24, 2.45) is 0 Å². The summed E-state index contributed by atoms with van der Waals surface area (Å²) in [5.41, 5.74) is 7.24. The summed E-state index contributed by atoms with van der Waals surface area (Å²) < 4.78 is 0. The van der Waals surface area contributed by atoms with Crippen LogP contribution in [0.2, 0.25) is 0 Å². The van der Waals surface area contributed by atoms with Crippen LogP contribution in [0.4, 0.5) is 5.82 Å². The van der Waals surface area contributed by atoms with Crippen LogP contribution in [0, 0.1) is 0 Å². The average Bonchev–Trinajstić information content (AvgIpc) is 2.33. The van der Waals surface area contributed by atoms with Gasteiger partial charge < -0.3 is 10.6 Å². The third-order valence-corrected chi connectivity index (χ3v) is 2.86. The maximum Gasteiger partial charge on any atom is 0.254 e. The molecule has 18 heavy (non-hydrogen) atoms. The van der Waals surface area contributed by atoms with Gasteiger partial charge in [-0.15, -0.1) is 0 Å². The summed E-state index contributed by atoms with van der Waals surface area (Å²) in [6.07, 6.45) is 1.73. The number of hydrogen-bond acceptors (Lipinski definition) is 3. The summed E-state index contributed by atoms with van der Waals surface area (Å²) >= 11 is 0. The lowest BCUT2D eigenvalue weighted by Crippen LogP contribution is -2.37. The van der Waals surface area contributed by atoms with Crippen LogP contribution in [0.3, 0.4) is 0 Å². The van der Waals surface area contributed by atoms with E-state index in [2.05, 4.69) is 11.9 Å². The standard InChI is InChI=1S/C14H23N3O/c1-5-7-17(10(3)4)14(18)11-8-12(6-2)16-13(15)9-11/h8-10H,5-7H2,1-4H3,(H2,15,16). The zero-order chi connectivity index (χ0) is 13.7. The molecule has 0 saturated heterocycles. The van der Waals surface area contributed by atoms with Crippen LogP contribution in [-0.2, 0) is 6.42 Å². The van der Waals surface area contributed by atoms with E-state index in [0.29, 0.717) is 11.4 Å². The number of aromatic nitrogens is 1. The van der Waals surface area contributed by atoms with E-state index < -0.39 is 0 Å². The zero-order valence-electron chi connectivity index (χ0n) is 11.7. The van der Waals surface area contributed by atoms with Crippen LogP contribution in [-0.4, -0.2) is 28.4 Å². The second-order valence-electron chi connectivity index (χ2n) is 4.72. The number of anilines is 1. The van der Waals surface area contributed by atoms with E-state index in [4.69, 9.17) is 5.73 Å². The Bertz CT molecular complexity index is 416. The molecule has 4 nitrogen and oxygen atoms in total. The fourth-order valence-corrected chi connectivity index (χ4v) is 1.92. The Hall–Kier alpha value is -1.58. The second kappa shape index (κ2) is 6.38. The van der Waals surface area contributed by atoms with Crippen molar-refractivity contribution < 1.29 is 4.79 Å². The molecule has 0 aliphatic rings. The Morgan fingerprint density at radius 1 is 1.39 bits per heavy atom. The highest BCUT2D eigenvalue weighted by molar-refractivity contribution is 5.95. The number of amides is 1. The van der Waals surface area contributed by atoms with Gasteiger partial charge in [0.15, 0.2) is 0 Å². The molecule has 1 amide bonds. The van der Waals surface area contributed by atoms with Crippen molar-refractivity contribution in [3.05, 3.63) is 23.4 Å². The molecule has 1 aromatic heterocycles. The molecule has 0 aliphatic carbocycles. The molecule has 0 bridgehead atoms. The van der Waals surface area contributed by atoms with E-state index in [1.165, 1.54) is 0 Å². The molecule has 1 aromatic rings. The minimum atomic E-state index is 0.0376. The lowest BCUT2D eigenvalue weighted by atomic mass is 10.1. The van der Waals surface area contributed by atoms with Crippen molar-refractivity contribution in [3.63, 3.8) is 0 Å². The quantitative estimate of drug-likeness (QED) is 0.872. The number of carbonyl (C=O) groups excluding carboxylic acids is 1. The average molecular weight is 249 g/mol. The van der Waals surface area contributed by atoms with Crippen molar-refractivity contribution >= 4 is 11.7 Å². The maximum atomic E-state index is 12.4. The van der Waals surface area contributed by atoms with E-state index in [0.717, 1.165) is 25.1 Å². The van der Waals surface area contributed by atoms with Crippen LogP contribution in [0.1, 0.15) is 50.2 Å². The smallest absolute Gasteiger partial charge is 0.254 e. The molecular formula is C14H23N3O. The van der Waals surface area contributed by atoms with Gasteiger partial charge >= 0.3 is 0 Å². The summed E-state index contributed by atoms with van der Waals surface area (Å²) in [5.74, 6) is 0.452. The molecule has 2 N–H and O–H groups in total. The second-order valence-corrected chi connectivity index (χ2v) is 4.72. The predicted octanol–water partition coefficient (Wildman–Crippen LogP) is 2.49. The fourth-order valence-electron chi connectivity index (χ4n) is 1.92. The van der Waals surface area contributed by atoms with Crippen molar-refractivity contribution in [2.45, 2.75) is 46.6 Å². The maximum absolute atomic E-state index is 12.4. The van der Waals surface area contributed by atoms with Crippen LogP contribution in [0.25, 0.3) is 0 Å². The predicted molar refractivity (Wildman–Crippen MR) is 74.5 cm³/mol. The van der Waals surface area contributed by atoms with Crippen LogP contribution < -0.4 is 5.73 Å². The lowest BCUT2D eigenvalue weighted by molar-refractivity contribution is 0.0705. The van der Waals surface area contributed by atoms with Gasteiger partial charge in [-0.25, -0.2) is 4.98 Å². The lowest BCUT2D eigenvalue weighted by Gasteiger charge is -2.26. The Kier molecular flexibility index (Phi) is 5.13. The number of nitrogens with two attached hydrogens (primary N) is 1. The molecular weight excluding hydrogens is 226 g/mol. The topological polar surface area (TPSA) is 59.2 Å². The van der Waals surface area contributed by atoms with E-state index in [-0.39, 0.29) is 11.9 Å². The number of pyridine rings is 1. The zero-order valence-corrected chi connectivity index (χ0v) is 11.7. The molecule has 0 saturated carbocycles. The van der Waals surface area contributed by atoms with Gasteiger partial charge in [-0.2, -0.15) is 0 Å². The first kappa shape index (κ1) is 14.5. The molecule has 4 heteroatoms. The van der Waals surface area contributed by atoms with Crippen LogP contribution >= 0.6 is 0 Å². The van der Waals surface area contributed by atoms with Crippen molar-refractivity contribution in [3.8, 4) is 0 Å². The van der Waals surface area contributed by atoms with Crippen molar-refractivity contribution in [1.82, 2.24) is 9.88 Å².